The molecule has 0 N–H and O–H groups in total. The van der Waals surface area contributed by atoms with E-state index >= 15 is 0 Å². The number of rotatable bonds is 5. The minimum Gasteiger partial charge on any atom is -0.493 e. The SMILES string of the molecule is COc1cc(C(=S)N2CC(C)OC(C)C2)ccc1OCc1ccc(C)cc1. The fourth-order valence-electron chi connectivity index (χ4n) is 3.29. The number of methoxy groups -OCH3 is 1. The maximum absolute atomic E-state index is 5.97. The van der Waals surface area contributed by atoms with Gasteiger partial charge in [0.05, 0.1) is 19.3 Å². The van der Waals surface area contributed by atoms with Gasteiger partial charge in [0.25, 0.3) is 0 Å². The van der Waals surface area contributed by atoms with Crippen LogP contribution in [0.3, 0.4) is 0 Å². The number of aryl methyl sites for hydroxylation is 1. The number of thiocarbonyl (C=S) groups is 1. The molecule has 144 valence electrons. The molecule has 1 heterocycles. The summed E-state index contributed by atoms with van der Waals surface area (Å²) in [6.07, 6.45) is 0.344. The molecule has 2 aromatic rings. The fourth-order valence-corrected chi connectivity index (χ4v) is 3.57. The van der Waals surface area contributed by atoms with Crippen molar-refractivity contribution >= 4 is 17.2 Å². The van der Waals surface area contributed by atoms with Crippen molar-refractivity contribution < 1.29 is 14.2 Å². The third-order valence-corrected chi connectivity index (χ3v) is 5.13. The summed E-state index contributed by atoms with van der Waals surface area (Å²) < 4.78 is 17.3. The van der Waals surface area contributed by atoms with Gasteiger partial charge in [-0.15, -0.1) is 0 Å². The van der Waals surface area contributed by atoms with Crippen LogP contribution in [0.4, 0.5) is 0 Å². The molecule has 0 aromatic heterocycles. The Morgan fingerprint density at radius 2 is 1.74 bits per heavy atom. The monoisotopic (exact) mass is 385 g/mol. The van der Waals surface area contributed by atoms with Crippen LogP contribution < -0.4 is 9.47 Å². The summed E-state index contributed by atoms with van der Waals surface area (Å²) in [7, 11) is 1.65. The second kappa shape index (κ2) is 8.72. The van der Waals surface area contributed by atoms with Crippen LogP contribution in [0.2, 0.25) is 0 Å². The number of nitrogens with zero attached hydrogens (tertiary/aromatic N) is 1. The fraction of sp³-hybridized carbons (Fsp3) is 0.409. The van der Waals surface area contributed by atoms with Crippen LogP contribution in [0.5, 0.6) is 11.5 Å². The number of hydrogen-bond donors (Lipinski definition) is 0. The average Bonchev–Trinajstić information content (AvgIpc) is 2.66. The van der Waals surface area contributed by atoms with E-state index in [1.807, 2.05) is 18.2 Å². The van der Waals surface area contributed by atoms with Crippen LogP contribution in [0, 0.1) is 6.92 Å². The molecule has 4 nitrogen and oxygen atoms in total. The number of ether oxygens (including phenoxy) is 3. The molecular formula is C22H27NO3S. The van der Waals surface area contributed by atoms with Gasteiger partial charge >= 0.3 is 0 Å². The van der Waals surface area contributed by atoms with Crippen molar-refractivity contribution in [2.24, 2.45) is 0 Å². The first-order valence-electron chi connectivity index (χ1n) is 9.27. The van der Waals surface area contributed by atoms with E-state index in [2.05, 4.69) is 49.9 Å². The van der Waals surface area contributed by atoms with E-state index in [0.29, 0.717) is 18.1 Å². The summed E-state index contributed by atoms with van der Waals surface area (Å²) in [6, 6.07) is 14.2. The van der Waals surface area contributed by atoms with E-state index in [4.69, 9.17) is 26.4 Å². The molecule has 27 heavy (non-hydrogen) atoms. The molecule has 2 atom stereocenters. The summed E-state index contributed by atoms with van der Waals surface area (Å²) in [5.41, 5.74) is 3.32. The van der Waals surface area contributed by atoms with Gasteiger partial charge in [0, 0.05) is 18.7 Å². The van der Waals surface area contributed by atoms with E-state index in [-0.39, 0.29) is 12.2 Å². The molecule has 1 aliphatic rings. The quantitative estimate of drug-likeness (QED) is 0.714. The lowest BCUT2D eigenvalue weighted by Gasteiger charge is -2.37. The van der Waals surface area contributed by atoms with E-state index in [0.717, 1.165) is 29.2 Å². The van der Waals surface area contributed by atoms with Crippen molar-refractivity contribution in [1.29, 1.82) is 0 Å². The Morgan fingerprint density at radius 3 is 2.37 bits per heavy atom. The minimum atomic E-state index is 0.172. The van der Waals surface area contributed by atoms with Crippen LogP contribution in [-0.2, 0) is 11.3 Å². The smallest absolute Gasteiger partial charge is 0.161 e. The minimum absolute atomic E-state index is 0.172. The van der Waals surface area contributed by atoms with Gasteiger partial charge in [-0.3, -0.25) is 0 Å². The zero-order chi connectivity index (χ0) is 19.4. The highest BCUT2D eigenvalue weighted by Gasteiger charge is 2.25. The van der Waals surface area contributed by atoms with Gasteiger partial charge in [0.2, 0.25) is 0 Å². The second-order valence-electron chi connectivity index (χ2n) is 7.11. The average molecular weight is 386 g/mol. The first kappa shape index (κ1) is 19.6. The summed E-state index contributed by atoms with van der Waals surface area (Å²) in [5.74, 6) is 1.41. The summed E-state index contributed by atoms with van der Waals surface area (Å²) in [6.45, 7) is 8.33. The molecule has 1 saturated heterocycles. The van der Waals surface area contributed by atoms with E-state index < -0.39 is 0 Å². The predicted molar refractivity (Wildman–Crippen MR) is 112 cm³/mol. The lowest BCUT2D eigenvalue weighted by atomic mass is 10.1. The second-order valence-corrected chi connectivity index (χ2v) is 7.49. The maximum Gasteiger partial charge on any atom is 0.161 e. The van der Waals surface area contributed by atoms with Gasteiger partial charge < -0.3 is 19.1 Å². The van der Waals surface area contributed by atoms with Crippen molar-refractivity contribution in [3.05, 3.63) is 59.2 Å². The molecule has 0 aliphatic carbocycles. The molecule has 0 spiro atoms. The van der Waals surface area contributed by atoms with Crippen molar-refractivity contribution in [3.8, 4) is 11.5 Å². The van der Waals surface area contributed by atoms with Gasteiger partial charge in [0.15, 0.2) is 11.5 Å². The van der Waals surface area contributed by atoms with Crippen LogP contribution in [0.15, 0.2) is 42.5 Å². The molecule has 5 heteroatoms. The third-order valence-electron chi connectivity index (χ3n) is 4.63. The molecule has 3 rings (SSSR count). The van der Waals surface area contributed by atoms with E-state index in [1.54, 1.807) is 7.11 Å². The highest BCUT2D eigenvalue weighted by molar-refractivity contribution is 7.80. The summed E-state index contributed by atoms with van der Waals surface area (Å²) in [5, 5.41) is 0. The van der Waals surface area contributed by atoms with Gasteiger partial charge in [0.1, 0.15) is 11.6 Å². The Hall–Kier alpha value is -2.11. The molecule has 0 saturated carbocycles. The normalized spacial score (nSPS) is 19.6. The maximum atomic E-state index is 5.97. The van der Waals surface area contributed by atoms with Gasteiger partial charge in [-0.25, -0.2) is 0 Å². The van der Waals surface area contributed by atoms with E-state index in [9.17, 15) is 0 Å². The Kier molecular flexibility index (Phi) is 6.34. The zero-order valence-corrected chi connectivity index (χ0v) is 17.2. The van der Waals surface area contributed by atoms with Gasteiger partial charge in [-0.1, -0.05) is 42.0 Å². The molecule has 1 fully saturated rings. The predicted octanol–water partition coefficient (Wildman–Crippen LogP) is 4.37. The van der Waals surface area contributed by atoms with Crippen molar-refractivity contribution in [1.82, 2.24) is 4.90 Å². The molecular weight excluding hydrogens is 358 g/mol. The van der Waals surface area contributed by atoms with Gasteiger partial charge in [-0.05, 0) is 44.5 Å². The lowest BCUT2D eigenvalue weighted by molar-refractivity contribution is -0.0472. The highest BCUT2D eigenvalue weighted by Crippen LogP contribution is 2.30. The molecule has 1 aliphatic heterocycles. The van der Waals surface area contributed by atoms with E-state index in [1.165, 1.54) is 5.56 Å². The van der Waals surface area contributed by atoms with Crippen molar-refractivity contribution in [3.63, 3.8) is 0 Å². The third kappa shape index (κ3) is 4.99. The lowest BCUT2D eigenvalue weighted by Crippen LogP contribution is -2.47. The summed E-state index contributed by atoms with van der Waals surface area (Å²) >= 11 is 5.72. The van der Waals surface area contributed by atoms with Gasteiger partial charge in [-0.2, -0.15) is 0 Å². The number of hydrogen-bond acceptors (Lipinski definition) is 4. The van der Waals surface area contributed by atoms with Crippen LogP contribution in [-0.4, -0.2) is 42.3 Å². The first-order valence-corrected chi connectivity index (χ1v) is 9.68. The Bertz CT molecular complexity index is 781. The molecule has 2 aromatic carbocycles. The Morgan fingerprint density at radius 1 is 1.07 bits per heavy atom. The van der Waals surface area contributed by atoms with Crippen molar-refractivity contribution in [2.45, 2.75) is 39.6 Å². The largest absolute Gasteiger partial charge is 0.493 e. The van der Waals surface area contributed by atoms with Crippen LogP contribution in [0.1, 0.15) is 30.5 Å². The summed E-state index contributed by atoms with van der Waals surface area (Å²) in [4.78, 5) is 3.02. The first-order chi connectivity index (χ1) is 13.0. The zero-order valence-electron chi connectivity index (χ0n) is 16.4. The number of benzene rings is 2. The number of morpholine rings is 1. The Labute approximate surface area is 167 Å². The molecule has 2 unspecified atom stereocenters. The molecule has 0 bridgehead atoms. The Balaban J connectivity index is 1.71. The molecule has 0 amide bonds. The molecule has 0 radical (unpaired) electrons. The standard InChI is InChI=1S/C22H27NO3S/c1-15-5-7-18(8-6-15)14-25-20-10-9-19(11-21(20)24-4)22(27)23-12-16(2)26-17(3)13-23/h5-11,16-17H,12-14H2,1-4H3. The van der Waals surface area contributed by atoms with Crippen molar-refractivity contribution in [2.75, 3.05) is 20.2 Å². The van der Waals surface area contributed by atoms with Crippen LogP contribution >= 0.6 is 12.2 Å². The topological polar surface area (TPSA) is 30.9 Å². The highest BCUT2D eigenvalue weighted by atomic mass is 32.1. The van der Waals surface area contributed by atoms with Crippen LogP contribution in [0.25, 0.3) is 0 Å².